The predicted molar refractivity (Wildman–Crippen MR) is 69.6 cm³/mol. The average Bonchev–Trinajstić information content (AvgIpc) is 2.42. The van der Waals surface area contributed by atoms with Gasteiger partial charge < -0.3 is 10.4 Å². The zero-order valence-electron chi connectivity index (χ0n) is 9.88. The molecule has 0 fully saturated rings. The number of aliphatic hydroxyl groups is 1. The number of hydrogen-bond donors (Lipinski definition) is 2. The van der Waals surface area contributed by atoms with Crippen LogP contribution in [0.5, 0.6) is 0 Å². The Kier molecular flexibility index (Phi) is 3.91. The van der Waals surface area contributed by atoms with Crippen LogP contribution in [0.4, 0.5) is 0 Å². The lowest BCUT2D eigenvalue weighted by Crippen LogP contribution is -2.23. The van der Waals surface area contributed by atoms with E-state index in [1.165, 1.54) is 0 Å². The summed E-state index contributed by atoms with van der Waals surface area (Å²) >= 11 is 0. The number of likely N-dealkylation sites (N-methyl/N-ethyl adjacent to an activating group) is 1. The first kappa shape index (κ1) is 11.8. The van der Waals surface area contributed by atoms with Crippen molar-refractivity contribution in [2.45, 2.75) is 12.1 Å². The molecular weight excluding hydrogens is 210 g/mol. The summed E-state index contributed by atoms with van der Waals surface area (Å²) in [5, 5.41) is 13.5. The first-order valence-corrected chi connectivity index (χ1v) is 5.78. The first-order chi connectivity index (χ1) is 8.33. The summed E-state index contributed by atoms with van der Waals surface area (Å²) < 4.78 is 0. The molecule has 2 atom stereocenters. The number of hydrogen-bond acceptors (Lipinski definition) is 2. The second-order valence-electron chi connectivity index (χ2n) is 4.03. The van der Waals surface area contributed by atoms with E-state index in [9.17, 15) is 5.11 Å². The smallest absolute Gasteiger partial charge is 0.0984 e. The number of rotatable bonds is 4. The molecule has 0 saturated heterocycles. The molecule has 2 aromatic rings. The third-order valence-corrected chi connectivity index (χ3v) is 2.93. The average molecular weight is 227 g/mol. The molecule has 0 aliphatic heterocycles. The van der Waals surface area contributed by atoms with Crippen molar-refractivity contribution in [2.24, 2.45) is 0 Å². The van der Waals surface area contributed by atoms with Crippen LogP contribution in [0.15, 0.2) is 60.7 Å². The number of aliphatic hydroxyl groups excluding tert-OH is 1. The van der Waals surface area contributed by atoms with Crippen LogP contribution in [0.2, 0.25) is 0 Å². The van der Waals surface area contributed by atoms with E-state index in [0.717, 1.165) is 11.1 Å². The molecule has 0 unspecified atom stereocenters. The molecule has 2 aromatic carbocycles. The Bertz CT molecular complexity index is 441. The number of nitrogens with one attached hydrogen (secondary N) is 1. The molecular formula is C15H17NO. The Morgan fingerprint density at radius 2 is 1.29 bits per heavy atom. The third kappa shape index (κ3) is 2.73. The Labute approximate surface area is 102 Å². The van der Waals surface area contributed by atoms with Gasteiger partial charge in [-0.25, -0.2) is 0 Å². The summed E-state index contributed by atoms with van der Waals surface area (Å²) in [5.41, 5.74) is 2.02. The molecule has 0 radical (unpaired) electrons. The van der Waals surface area contributed by atoms with Crippen LogP contribution < -0.4 is 5.32 Å². The summed E-state index contributed by atoms with van der Waals surface area (Å²) in [6.45, 7) is 0. The van der Waals surface area contributed by atoms with E-state index in [1.807, 2.05) is 67.7 Å². The first-order valence-electron chi connectivity index (χ1n) is 5.78. The van der Waals surface area contributed by atoms with Crippen LogP contribution in [-0.4, -0.2) is 12.2 Å². The van der Waals surface area contributed by atoms with E-state index in [1.54, 1.807) is 0 Å². The fourth-order valence-electron chi connectivity index (χ4n) is 2.01. The van der Waals surface area contributed by atoms with Crippen molar-refractivity contribution in [3.8, 4) is 0 Å². The largest absolute Gasteiger partial charge is 0.386 e. The topological polar surface area (TPSA) is 32.3 Å². The summed E-state index contributed by atoms with van der Waals surface area (Å²) in [4.78, 5) is 0. The molecule has 2 N–H and O–H groups in total. The minimum absolute atomic E-state index is 0.0846. The number of benzene rings is 2. The van der Waals surface area contributed by atoms with E-state index in [2.05, 4.69) is 5.32 Å². The molecule has 0 amide bonds. The molecule has 0 saturated carbocycles. The highest BCUT2D eigenvalue weighted by atomic mass is 16.3. The summed E-state index contributed by atoms with van der Waals surface area (Å²) in [5.74, 6) is 0. The molecule has 88 valence electrons. The van der Waals surface area contributed by atoms with E-state index in [0.29, 0.717) is 0 Å². The van der Waals surface area contributed by atoms with E-state index in [-0.39, 0.29) is 6.04 Å². The van der Waals surface area contributed by atoms with Gasteiger partial charge in [0, 0.05) is 0 Å². The maximum absolute atomic E-state index is 10.4. The highest BCUT2D eigenvalue weighted by Gasteiger charge is 2.20. The lowest BCUT2D eigenvalue weighted by Gasteiger charge is -2.23. The van der Waals surface area contributed by atoms with Gasteiger partial charge in [0.1, 0.15) is 0 Å². The van der Waals surface area contributed by atoms with Gasteiger partial charge in [-0.05, 0) is 18.2 Å². The monoisotopic (exact) mass is 227 g/mol. The highest BCUT2D eigenvalue weighted by Crippen LogP contribution is 2.27. The Hall–Kier alpha value is -1.64. The molecule has 0 bridgehead atoms. The Balaban J connectivity index is 2.25. The maximum Gasteiger partial charge on any atom is 0.0984 e. The predicted octanol–water partition coefficient (Wildman–Crippen LogP) is 2.68. The van der Waals surface area contributed by atoms with Crippen LogP contribution in [0.25, 0.3) is 0 Å². The Morgan fingerprint density at radius 3 is 1.76 bits per heavy atom. The van der Waals surface area contributed by atoms with Gasteiger partial charge in [-0.3, -0.25) is 0 Å². The van der Waals surface area contributed by atoms with Gasteiger partial charge in [-0.2, -0.15) is 0 Å². The molecule has 17 heavy (non-hydrogen) atoms. The minimum Gasteiger partial charge on any atom is -0.386 e. The normalized spacial score (nSPS) is 14.2. The van der Waals surface area contributed by atoms with Crippen molar-refractivity contribution in [1.29, 1.82) is 0 Å². The Morgan fingerprint density at radius 1 is 0.824 bits per heavy atom. The van der Waals surface area contributed by atoms with Crippen LogP contribution in [-0.2, 0) is 0 Å². The second-order valence-corrected chi connectivity index (χ2v) is 4.03. The van der Waals surface area contributed by atoms with Crippen LogP contribution in [0.3, 0.4) is 0 Å². The molecule has 0 spiro atoms. The zero-order chi connectivity index (χ0) is 12.1. The lowest BCUT2D eigenvalue weighted by atomic mass is 9.96. The summed E-state index contributed by atoms with van der Waals surface area (Å²) in [6.07, 6.45) is -0.538. The second kappa shape index (κ2) is 5.62. The quantitative estimate of drug-likeness (QED) is 0.841. The standard InChI is InChI=1S/C15H17NO/c1-16-14(12-8-4-2-5-9-12)15(17)13-10-6-3-7-11-13/h2-11,14-17H,1H3/t14-,15+/m1/s1. The molecule has 2 heteroatoms. The van der Waals surface area contributed by atoms with Crippen LogP contribution in [0.1, 0.15) is 23.3 Å². The molecule has 2 nitrogen and oxygen atoms in total. The van der Waals surface area contributed by atoms with Gasteiger partial charge in [0.2, 0.25) is 0 Å². The van der Waals surface area contributed by atoms with Crippen LogP contribution in [0, 0.1) is 0 Å². The van der Waals surface area contributed by atoms with Gasteiger partial charge >= 0.3 is 0 Å². The van der Waals surface area contributed by atoms with Gasteiger partial charge in [0.15, 0.2) is 0 Å². The highest BCUT2D eigenvalue weighted by molar-refractivity contribution is 5.25. The maximum atomic E-state index is 10.4. The van der Waals surface area contributed by atoms with Gasteiger partial charge in [-0.15, -0.1) is 0 Å². The molecule has 0 heterocycles. The fraction of sp³-hybridized carbons (Fsp3) is 0.200. The van der Waals surface area contributed by atoms with E-state index in [4.69, 9.17) is 0 Å². The molecule has 0 aromatic heterocycles. The van der Waals surface area contributed by atoms with E-state index >= 15 is 0 Å². The van der Waals surface area contributed by atoms with Crippen molar-refractivity contribution in [3.63, 3.8) is 0 Å². The van der Waals surface area contributed by atoms with Gasteiger partial charge in [0.05, 0.1) is 12.1 Å². The van der Waals surface area contributed by atoms with Crippen LogP contribution >= 0.6 is 0 Å². The van der Waals surface area contributed by atoms with Crippen molar-refractivity contribution >= 4 is 0 Å². The van der Waals surface area contributed by atoms with E-state index < -0.39 is 6.10 Å². The molecule has 0 aliphatic carbocycles. The summed E-state index contributed by atoms with van der Waals surface area (Å²) in [7, 11) is 1.86. The molecule has 0 aliphatic rings. The fourth-order valence-corrected chi connectivity index (χ4v) is 2.01. The van der Waals surface area contributed by atoms with Crippen molar-refractivity contribution in [3.05, 3.63) is 71.8 Å². The minimum atomic E-state index is -0.538. The summed E-state index contributed by atoms with van der Waals surface area (Å²) in [6, 6.07) is 19.6. The SMILES string of the molecule is CN[C@H](c1ccccc1)[C@@H](O)c1ccccc1. The zero-order valence-corrected chi connectivity index (χ0v) is 9.88. The van der Waals surface area contributed by atoms with Gasteiger partial charge in [0.25, 0.3) is 0 Å². The van der Waals surface area contributed by atoms with Crippen molar-refractivity contribution < 1.29 is 5.11 Å². The van der Waals surface area contributed by atoms with Gasteiger partial charge in [-0.1, -0.05) is 60.7 Å². The molecule has 2 rings (SSSR count). The third-order valence-electron chi connectivity index (χ3n) is 2.93. The van der Waals surface area contributed by atoms with Crippen molar-refractivity contribution in [1.82, 2.24) is 5.32 Å². The van der Waals surface area contributed by atoms with Crippen molar-refractivity contribution in [2.75, 3.05) is 7.05 Å². The lowest BCUT2D eigenvalue weighted by molar-refractivity contribution is 0.133.